The third-order valence-corrected chi connectivity index (χ3v) is 7.81. The summed E-state index contributed by atoms with van der Waals surface area (Å²) in [5, 5.41) is 10.4. The number of rotatable bonds is 8. The van der Waals surface area contributed by atoms with Gasteiger partial charge in [0.1, 0.15) is 11.5 Å². The summed E-state index contributed by atoms with van der Waals surface area (Å²) in [4.78, 5) is 42.0. The first kappa shape index (κ1) is 25.5. The summed E-state index contributed by atoms with van der Waals surface area (Å²) in [7, 11) is 0. The van der Waals surface area contributed by atoms with Gasteiger partial charge in [0.25, 0.3) is 0 Å². The Labute approximate surface area is 231 Å². The second kappa shape index (κ2) is 10.4. The molecule has 3 N–H and O–H groups in total. The van der Waals surface area contributed by atoms with Gasteiger partial charge in [-0.3, -0.25) is 19.7 Å². The quantitative estimate of drug-likeness (QED) is 0.179. The molecule has 1 aromatic carbocycles. The van der Waals surface area contributed by atoms with Crippen molar-refractivity contribution < 1.29 is 14.0 Å². The highest BCUT2D eigenvalue weighted by atomic mass is 32.1. The van der Waals surface area contributed by atoms with Gasteiger partial charge in [-0.15, -0.1) is 11.3 Å². The molecule has 0 fully saturated rings. The molecule has 0 unspecified atom stereocenters. The third kappa shape index (κ3) is 4.64. The number of hydrogen-bond acceptors (Lipinski definition) is 7. The number of fused-ring (bicyclic) bond motifs is 2. The summed E-state index contributed by atoms with van der Waals surface area (Å²) in [5.74, 6) is -0.237. The maximum Gasteiger partial charge on any atom is 0.224 e. The lowest BCUT2D eigenvalue weighted by Crippen LogP contribution is -2.11. The van der Waals surface area contributed by atoms with E-state index in [1.54, 1.807) is 42.9 Å². The molecule has 6 rings (SSSR count). The van der Waals surface area contributed by atoms with Crippen LogP contribution in [0, 0.1) is 5.82 Å². The Bertz CT molecular complexity index is 1910. The number of unbranched alkanes of at least 4 members (excludes halogenated alkanes) is 1. The molecule has 5 aromatic heterocycles. The van der Waals surface area contributed by atoms with Crippen molar-refractivity contribution >= 4 is 50.8 Å². The van der Waals surface area contributed by atoms with Gasteiger partial charge in [-0.2, -0.15) is 5.10 Å². The highest BCUT2D eigenvalue weighted by Crippen LogP contribution is 2.36. The highest BCUT2D eigenvalue weighted by molar-refractivity contribution is 7.17. The van der Waals surface area contributed by atoms with Crippen LogP contribution in [0.3, 0.4) is 0 Å². The zero-order valence-corrected chi connectivity index (χ0v) is 22.5. The summed E-state index contributed by atoms with van der Waals surface area (Å²) >= 11 is 1.39. The lowest BCUT2D eigenvalue weighted by atomic mass is 10.0. The molecule has 200 valence electrons. The Morgan fingerprint density at radius 2 is 1.98 bits per heavy atom. The van der Waals surface area contributed by atoms with Crippen LogP contribution in [0.2, 0.25) is 0 Å². The van der Waals surface area contributed by atoms with Gasteiger partial charge in [0.05, 0.1) is 33.2 Å². The molecular formula is C29H24FN7O2S. The van der Waals surface area contributed by atoms with Crippen LogP contribution < -0.4 is 5.32 Å². The van der Waals surface area contributed by atoms with Gasteiger partial charge in [0.15, 0.2) is 17.3 Å². The molecule has 0 spiro atoms. The van der Waals surface area contributed by atoms with Crippen molar-refractivity contribution in [2.24, 2.45) is 0 Å². The fourth-order valence-electron chi connectivity index (χ4n) is 4.58. The van der Waals surface area contributed by atoms with E-state index in [0.29, 0.717) is 56.3 Å². The molecule has 0 atom stereocenters. The van der Waals surface area contributed by atoms with Crippen LogP contribution in [0.15, 0.2) is 55.0 Å². The maximum atomic E-state index is 16.1. The van der Waals surface area contributed by atoms with E-state index in [-0.39, 0.29) is 17.1 Å². The minimum absolute atomic E-state index is 0.000678. The number of benzene rings is 1. The molecule has 0 aliphatic carbocycles. The average Bonchev–Trinajstić information content (AvgIpc) is 3.70. The lowest BCUT2D eigenvalue weighted by molar-refractivity contribution is -0.116. The zero-order valence-electron chi connectivity index (χ0n) is 21.7. The van der Waals surface area contributed by atoms with E-state index < -0.39 is 5.82 Å². The van der Waals surface area contributed by atoms with E-state index in [2.05, 4.69) is 35.5 Å². The molecule has 1 amide bonds. The third-order valence-electron chi connectivity index (χ3n) is 6.59. The van der Waals surface area contributed by atoms with Crippen molar-refractivity contribution in [3.63, 3.8) is 0 Å². The monoisotopic (exact) mass is 553 g/mol. The minimum atomic E-state index is -0.490. The van der Waals surface area contributed by atoms with Gasteiger partial charge in [0.2, 0.25) is 5.91 Å². The SMILES string of the molecule is CCCCC(=O)Nc1cncc(-c2ccc3[nH]nc(-c4nc5nccc(-c6ccc(C(C)=O)s6)c5[nH]4)c3c2F)c1. The van der Waals surface area contributed by atoms with Crippen LogP contribution in [-0.2, 0) is 4.79 Å². The molecule has 6 aromatic rings. The van der Waals surface area contributed by atoms with Crippen LogP contribution in [-0.4, -0.2) is 41.8 Å². The molecule has 9 nitrogen and oxygen atoms in total. The number of ketones is 1. The van der Waals surface area contributed by atoms with Crippen LogP contribution >= 0.6 is 11.3 Å². The van der Waals surface area contributed by atoms with Crippen molar-refractivity contribution in [2.75, 3.05) is 5.32 Å². The largest absolute Gasteiger partial charge is 0.335 e. The summed E-state index contributed by atoms with van der Waals surface area (Å²) in [5.41, 5.74) is 4.11. The fraction of sp³-hybridized carbons (Fsp3) is 0.172. The van der Waals surface area contributed by atoms with Crippen molar-refractivity contribution in [1.82, 2.24) is 30.1 Å². The van der Waals surface area contributed by atoms with Crippen LogP contribution in [0.25, 0.3) is 55.2 Å². The number of H-pyrrole nitrogens is 2. The second-order valence-electron chi connectivity index (χ2n) is 9.40. The number of aromatic amines is 2. The summed E-state index contributed by atoms with van der Waals surface area (Å²) in [6.45, 7) is 3.56. The number of nitrogens with zero attached hydrogens (tertiary/aromatic N) is 4. The van der Waals surface area contributed by atoms with E-state index in [9.17, 15) is 9.59 Å². The molecule has 11 heteroatoms. The number of Topliss-reactive ketones (excluding diaryl/α,β-unsaturated/α-hetero) is 1. The maximum absolute atomic E-state index is 16.1. The number of hydrogen-bond donors (Lipinski definition) is 3. The summed E-state index contributed by atoms with van der Waals surface area (Å²) < 4.78 is 16.1. The molecule has 0 aliphatic heterocycles. The molecule has 40 heavy (non-hydrogen) atoms. The minimum Gasteiger partial charge on any atom is -0.335 e. The Balaban J connectivity index is 1.40. The molecule has 0 radical (unpaired) electrons. The average molecular weight is 554 g/mol. The van der Waals surface area contributed by atoms with Crippen molar-refractivity contribution in [2.45, 2.75) is 33.1 Å². The van der Waals surface area contributed by atoms with Gasteiger partial charge in [0, 0.05) is 40.4 Å². The lowest BCUT2D eigenvalue weighted by Gasteiger charge is -2.08. The Hall–Kier alpha value is -4.77. The van der Waals surface area contributed by atoms with E-state index in [0.717, 1.165) is 23.3 Å². The van der Waals surface area contributed by atoms with E-state index >= 15 is 4.39 Å². The molecule has 0 saturated heterocycles. The predicted molar refractivity (Wildman–Crippen MR) is 154 cm³/mol. The normalized spacial score (nSPS) is 11.4. The van der Waals surface area contributed by atoms with Crippen LogP contribution in [0.1, 0.15) is 42.8 Å². The molecule has 0 aliphatic rings. The summed E-state index contributed by atoms with van der Waals surface area (Å²) in [6.07, 6.45) is 6.87. The Morgan fingerprint density at radius 3 is 2.77 bits per heavy atom. The number of anilines is 1. The number of carbonyl (C=O) groups excluding carboxylic acids is 2. The zero-order chi connectivity index (χ0) is 27.8. The van der Waals surface area contributed by atoms with Gasteiger partial charge < -0.3 is 10.3 Å². The number of carbonyl (C=O) groups is 2. The van der Waals surface area contributed by atoms with Crippen LogP contribution in [0.4, 0.5) is 10.1 Å². The first-order chi connectivity index (χ1) is 19.4. The smallest absolute Gasteiger partial charge is 0.224 e. The number of pyridine rings is 2. The first-order valence-corrected chi connectivity index (χ1v) is 13.6. The number of imidazole rings is 1. The first-order valence-electron chi connectivity index (χ1n) is 12.8. The second-order valence-corrected chi connectivity index (χ2v) is 10.5. The van der Waals surface area contributed by atoms with Crippen LogP contribution in [0.5, 0.6) is 0 Å². The van der Waals surface area contributed by atoms with Gasteiger partial charge in [-0.25, -0.2) is 14.4 Å². The highest BCUT2D eigenvalue weighted by Gasteiger charge is 2.21. The van der Waals surface area contributed by atoms with Gasteiger partial charge in [-0.05, 0) is 49.7 Å². The summed E-state index contributed by atoms with van der Waals surface area (Å²) in [6, 6.07) is 10.6. The van der Waals surface area contributed by atoms with E-state index in [4.69, 9.17) is 0 Å². The molecule has 0 saturated carbocycles. The number of aromatic nitrogens is 6. The molecule has 0 bridgehead atoms. The topological polar surface area (TPSA) is 129 Å². The predicted octanol–water partition coefficient (Wildman–Crippen LogP) is 6.76. The van der Waals surface area contributed by atoms with Gasteiger partial charge >= 0.3 is 0 Å². The van der Waals surface area contributed by atoms with E-state index in [1.807, 2.05) is 19.1 Å². The number of nitrogens with one attached hydrogen (secondary N) is 3. The van der Waals surface area contributed by atoms with Gasteiger partial charge in [-0.1, -0.05) is 13.3 Å². The number of thiophene rings is 1. The standard InChI is InChI=1S/C29H24FN7O2S/c1-3-4-5-23(39)33-17-12-16(13-31-14-17)18-6-7-20-24(25(18)30)27(37-36-20)29-34-26-19(10-11-32-28(26)35-29)22-9-8-21(40-22)15(2)38/h6-14H,3-5H2,1-2H3,(H,33,39)(H,36,37)(H,32,34,35). The number of amides is 1. The Morgan fingerprint density at radius 1 is 1.10 bits per heavy atom. The van der Waals surface area contributed by atoms with E-state index in [1.165, 1.54) is 18.3 Å². The van der Waals surface area contributed by atoms with Crippen molar-refractivity contribution in [3.05, 3.63) is 65.7 Å². The fourth-order valence-corrected chi connectivity index (χ4v) is 5.52. The molecular weight excluding hydrogens is 529 g/mol. The van der Waals surface area contributed by atoms with Crippen molar-refractivity contribution in [1.29, 1.82) is 0 Å². The molecule has 5 heterocycles. The number of halogens is 1. The van der Waals surface area contributed by atoms with Crippen molar-refractivity contribution in [3.8, 4) is 33.1 Å². The Kier molecular flexibility index (Phi) is 6.64.